The third kappa shape index (κ3) is 4.13. The molecule has 0 aromatic heterocycles. The molecule has 6 nitrogen and oxygen atoms in total. The number of methoxy groups -OCH3 is 1. The topological polar surface area (TPSA) is 67.9 Å². The van der Waals surface area contributed by atoms with Crippen LogP contribution in [0.4, 0.5) is 4.79 Å². The average Bonchev–Trinajstić information content (AvgIpc) is 2.99. The van der Waals surface area contributed by atoms with E-state index in [2.05, 4.69) is 5.32 Å². The number of amides is 3. The van der Waals surface area contributed by atoms with Crippen molar-refractivity contribution >= 4 is 11.9 Å². The van der Waals surface area contributed by atoms with Crippen LogP contribution in [0.15, 0.2) is 42.5 Å². The van der Waals surface area contributed by atoms with Gasteiger partial charge < -0.3 is 14.8 Å². The van der Waals surface area contributed by atoms with E-state index < -0.39 is 5.54 Å². The third-order valence-electron chi connectivity index (χ3n) is 5.72. The maximum atomic E-state index is 13.2. The third-order valence-corrected chi connectivity index (χ3v) is 5.72. The highest BCUT2D eigenvalue weighted by molar-refractivity contribution is 6.07. The van der Waals surface area contributed by atoms with E-state index in [1.54, 1.807) is 7.11 Å². The Kier molecular flexibility index (Phi) is 6.65. The molecule has 3 amide bonds. The minimum absolute atomic E-state index is 0.195. The number of nitrogens with one attached hydrogen (secondary N) is 1. The van der Waals surface area contributed by atoms with Crippen LogP contribution >= 0.6 is 0 Å². The summed E-state index contributed by atoms with van der Waals surface area (Å²) in [6.45, 7) is 6.77. The van der Waals surface area contributed by atoms with Crippen LogP contribution in [0, 0.1) is 13.8 Å². The minimum Gasteiger partial charge on any atom is -0.496 e. The smallest absolute Gasteiger partial charge is 0.325 e. The number of urea groups is 1. The predicted molar refractivity (Wildman–Crippen MR) is 116 cm³/mol. The molecule has 1 heterocycles. The second kappa shape index (κ2) is 9.20. The van der Waals surface area contributed by atoms with Crippen LogP contribution < -0.4 is 14.8 Å². The predicted octanol–water partition coefficient (Wildman–Crippen LogP) is 4.33. The summed E-state index contributed by atoms with van der Waals surface area (Å²) in [5.41, 5.74) is 1.78. The lowest BCUT2D eigenvalue weighted by molar-refractivity contribution is -0.131. The second-order valence-electron chi connectivity index (χ2n) is 7.65. The number of benzene rings is 2. The van der Waals surface area contributed by atoms with Crippen molar-refractivity contribution in [3.63, 3.8) is 0 Å². The van der Waals surface area contributed by atoms with Crippen LogP contribution in [0.3, 0.4) is 0 Å². The van der Waals surface area contributed by atoms with E-state index in [4.69, 9.17) is 9.47 Å². The number of carbonyl (C=O) groups excluding carboxylic acids is 2. The second-order valence-corrected chi connectivity index (χ2v) is 7.65. The zero-order valence-corrected chi connectivity index (χ0v) is 18.2. The van der Waals surface area contributed by atoms with Crippen LogP contribution in [0.1, 0.15) is 42.9 Å². The Morgan fingerprint density at radius 1 is 1.00 bits per heavy atom. The molecular formula is C24H30N2O4. The first-order chi connectivity index (χ1) is 14.4. The highest BCUT2D eigenvalue weighted by Gasteiger charge is 2.51. The molecule has 2 aromatic carbocycles. The standard InChI is InChI=1S/C24H30N2O4/c1-5-24(19-12-13-20(29-4)18(3)16-19)22(27)26(23(28)25-24)14-8-9-15-30-21-11-7-6-10-17(21)2/h6-7,10-13,16H,5,8-9,14-15H2,1-4H3,(H,25,28). The highest BCUT2D eigenvalue weighted by Crippen LogP contribution is 2.34. The lowest BCUT2D eigenvalue weighted by Crippen LogP contribution is -2.43. The number of nitrogens with zero attached hydrogens (tertiary/aromatic N) is 1. The van der Waals surface area contributed by atoms with Gasteiger partial charge in [-0.1, -0.05) is 31.2 Å². The van der Waals surface area contributed by atoms with Gasteiger partial charge in [-0.3, -0.25) is 9.69 Å². The van der Waals surface area contributed by atoms with Gasteiger partial charge in [0.2, 0.25) is 0 Å². The van der Waals surface area contributed by atoms with Gasteiger partial charge in [0.15, 0.2) is 0 Å². The van der Waals surface area contributed by atoms with Crippen molar-refractivity contribution < 1.29 is 19.1 Å². The summed E-state index contributed by atoms with van der Waals surface area (Å²) >= 11 is 0. The molecule has 0 spiro atoms. The molecule has 0 saturated carbocycles. The average molecular weight is 411 g/mol. The van der Waals surface area contributed by atoms with Gasteiger partial charge in [-0.25, -0.2) is 4.79 Å². The Bertz CT molecular complexity index is 927. The van der Waals surface area contributed by atoms with Gasteiger partial charge in [-0.15, -0.1) is 0 Å². The molecule has 160 valence electrons. The number of unbranched alkanes of at least 4 members (excludes halogenated alkanes) is 1. The first-order valence-electron chi connectivity index (χ1n) is 10.4. The molecular weight excluding hydrogens is 380 g/mol. The number of hydrogen-bond donors (Lipinski definition) is 1. The summed E-state index contributed by atoms with van der Waals surface area (Å²) in [4.78, 5) is 27.2. The van der Waals surface area contributed by atoms with Gasteiger partial charge in [0, 0.05) is 6.54 Å². The van der Waals surface area contributed by atoms with Gasteiger partial charge in [0.05, 0.1) is 13.7 Å². The molecule has 1 fully saturated rings. The van der Waals surface area contributed by atoms with E-state index in [0.29, 0.717) is 26.0 Å². The molecule has 30 heavy (non-hydrogen) atoms. The van der Waals surface area contributed by atoms with Crippen LogP contribution in [0.5, 0.6) is 11.5 Å². The molecule has 0 bridgehead atoms. The maximum absolute atomic E-state index is 13.2. The Morgan fingerprint density at radius 3 is 2.43 bits per heavy atom. The number of rotatable bonds is 9. The molecule has 2 aromatic rings. The molecule has 0 aliphatic carbocycles. The zero-order valence-electron chi connectivity index (χ0n) is 18.2. The fraction of sp³-hybridized carbons (Fsp3) is 0.417. The van der Waals surface area contributed by atoms with Gasteiger partial charge >= 0.3 is 6.03 Å². The summed E-state index contributed by atoms with van der Waals surface area (Å²) in [6.07, 6.45) is 1.93. The number of para-hydroxylation sites is 1. The van der Waals surface area contributed by atoms with Crippen LogP contribution in [0.2, 0.25) is 0 Å². The van der Waals surface area contributed by atoms with Crippen molar-refractivity contribution in [3.05, 3.63) is 59.2 Å². The van der Waals surface area contributed by atoms with Crippen LogP contribution in [-0.4, -0.2) is 37.1 Å². The highest BCUT2D eigenvalue weighted by atomic mass is 16.5. The van der Waals surface area contributed by atoms with Crippen molar-refractivity contribution in [2.24, 2.45) is 0 Å². The molecule has 6 heteroatoms. The number of carbonyl (C=O) groups is 2. The van der Waals surface area contributed by atoms with Gasteiger partial charge in [0.25, 0.3) is 5.91 Å². The quantitative estimate of drug-likeness (QED) is 0.494. The molecule has 1 N–H and O–H groups in total. The Hall–Kier alpha value is -3.02. The van der Waals surface area contributed by atoms with Crippen molar-refractivity contribution in [2.45, 2.75) is 45.6 Å². The minimum atomic E-state index is -1.02. The Labute approximate surface area is 178 Å². The summed E-state index contributed by atoms with van der Waals surface area (Å²) in [5, 5.41) is 2.94. The van der Waals surface area contributed by atoms with E-state index in [0.717, 1.165) is 34.6 Å². The van der Waals surface area contributed by atoms with Crippen molar-refractivity contribution in [1.82, 2.24) is 10.2 Å². The SMILES string of the molecule is CCC1(c2ccc(OC)c(C)c2)NC(=O)N(CCCCOc2ccccc2C)C1=O. The first-order valence-corrected chi connectivity index (χ1v) is 10.4. The summed E-state index contributed by atoms with van der Waals surface area (Å²) < 4.78 is 11.1. The van der Waals surface area contributed by atoms with Crippen molar-refractivity contribution in [3.8, 4) is 11.5 Å². The lowest BCUT2D eigenvalue weighted by Gasteiger charge is -2.26. The largest absolute Gasteiger partial charge is 0.496 e. The van der Waals surface area contributed by atoms with Crippen molar-refractivity contribution in [1.29, 1.82) is 0 Å². The zero-order chi connectivity index (χ0) is 21.7. The number of ether oxygens (including phenoxy) is 2. The van der Waals surface area contributed by atoms with Crippen LogP contribution in [0.25, 0.3) is 0 Å². The molecule has 0 radical (unpaired) electrons. The van der Waals surface area contributed by atoms with Crippen LogP contribution in [-0.2, 0) is 10.3 Å². The van der Waals surface area contributed by atoms with Crippen molar-refractivity contribution in [2.75, 3.05) is 20.3 Å². The maximum Gasteiger partial charge on any atom is 0.325 e. The van der Waals surface area contributed by atoms with E-state index >= 15 is 0 Å². The molecule has 3 rings (SSSR count). The van der Waals surface area contributed by atoms with Gasteiger partial charge in [0.1, 0.15) is 17.0 Å². The fourth-order valence-corrected chi connectivity index (χ4v) is 3.88. The normalized spacial score (nSPS) is 18.5. The summed E-state index contributed by atoms with van der Waals surface area (Å²) in [7, 11) is 1.62. The van der Waals surface area contributed by atoms with Gasteiger partial charge in [-0.05, 0) is 68.0 Å². The number of aryl methyl sites for hydroxylation is 2. The molecule has 1 aliphatic rings. The Morgan fingerprint density at radius 2 is 1.77 bits per heavy atom. The first kappa shape index (κ1) is 21.7. The van der Waals surface area contributed by atoms with Gasteiger partial charge in [-0.2, -0.15) is 0 Å². The summed E-state index contributed by atoms with van der Waals surface area (Å²) in [5.74, 6) is 1.43. The van der Waals surface area contributed by atoms with E-state index in [1.165, 1.54) is 4.90 Å². The molecule has 1 aliphatic heterocycles. The molecule has 1 saturated heterocycles. The monoisotopic (exact) mass is 410 g/mol. The van der Waals surface area contributed by atoms with E-state index in [-0.39, 0.29) is 11.9 Å². The van der Waals surface area contributed by atoms with E-state index in [1.807, 2.05) is 63.2 Å². The summed E-state index contributed by atoms with van der Waals surface area (Å²) in [6, 6.07) is 13.1. The number of hydrogen-bond acceptors (Lipinski definition) is 4. The van der Waals surface area contributed by atoms with E-state index in [9.17, 15) is 9.59 Å². The number of imide groups is 1. The lowest BCUT2D eigenvalue weighted by atomic mass is 9.86. The molecule has 1 atom stereocenters. The Balaban J connectivity index is 1.62. The fourth-order valence-electron chi connectivity index (χ4n) is 3.88. The molecule has 1 unspecified atom stereocenters.